The smallest absolute Gasteiger partial charge is 0.258 e. The number of nitrogens with zero attached hydrogens (tertiary/aromatic N) is 4. The van der Waals surface area contributed by atoms with Crippen molar-refractivity contribution in [1.82, 2.24) is 20.3 Å². The van der Waals surface area contributed by atoms with Crippen LogP contribution in [0.5, 0.6) is 0 Å². The van der Waals surface area contributed by atoms with Gasteiger partial charge in [0.25, 0.3) is 5.89 Å². The van der Waals surface area contributed by atoms with Crippen LogP contribution in [0.1, 0.15) is 80.8 Å². The van der Waals surface area contributed by atoms with E-state index < -0.39 is 0 Å². The van der Waals surface area contributed by atoms with Gasteiger partial charge >= 0.3 is 0 Å². The Hall–Kier alpha value is -3.28. The lowest BCUT2D eigenvalue weighted by Gasteiger charge is -2.13. The molecule has 0 radical (unpaired) electrons. The molecule has 2 heterocycles. The quantitative estimate of drug-likeness (QED) is 0.325. The van der Waals surface area contributed by atoms with E-state index in [0.717, 1.165) is 34.5 Å². The van der Waals surface area contributed by atoms with Gasteiger partial charge in [0.15, 0.2) is 5.82 Å². The van der Waals surface area contributed by atoms with Gasteiger partial charge in [-0.25, -0.2) is 0 Å². The molecule has 2 aromatic heterocycles. The Labute approximate surface area is 189 Å². The summed E-state index contributed by atoms with van der Waals surface area (Å²) >= 11 is 0. The average Bonchev–Trinajstić information content (AvgIpc) is 3.44. The lowest BCUT2D eigenvalue weighted by atomic mass is 9.92. The minimum absolute atomic E-state index is 0.0759. The van der Waals surface area contributed by atoms with E-state index >= 15 is 0 Å². The summed E-state index contributed by atoms with van der Waals surface area (Å²) in [6.07, 6.45) is 0.770. The highest BCUT2D eigenvalue weighted by Gasteiger charge is 2.20. The predicted molar refractivity (Wildman–Crippen MR) is 125 cm³/mol. The fraction of sp³-hybridized carbons (Fsp3) is 0.385. The Morgan fingerprint density at radius 2 is 1.59 bits per heavy atom. The summed E-state index contributed by atoms with van der Waals surface area (Å²) < 4.78 is 11.2. The summed E-state index contributed by atoms with van der Waals surface area (Å²) in [6.45, 7) is 12.6. The van der Waals surface area contributed by atoms with Crippen molar-refractivity contribution >= 4 is 0 Å². The Bertz CT molecular complexity index is 1210. The molecule has 1 unspecified atom stereocenters. The molecule has 0 spiro atoms. The Morgan fingerprint density at radius 1 is 0.812 bits per heavy atom. The van der Waals surface area contributed by atoms with E-state index in [1.54, 1.807) is 0 Å². The van der Waals surface area contributed by atoms with Gasteiger partial charge in [0.1, 0.15) is 0 Å². The maximum absolute atomic E-state index is 5.61. The summed E-state index contributed by atoms with van der Waals surface area (Å²) in [5.41, 5.74) is 5.48. The standard InChI is InChI=1S/C26H30N4O2/c1-15(2)20-12-11-19(14-22(20)26-27-23(16(3)4)29-32-26)13-18(6)25-28-24(30-31-25)21-10-8-7-9-17(21)5/h7-12,14-16,18H,13H2,1-6H3. The molecule has 6 heteroatoms. The Morgan fingerprint density at radius 3 is 2.28 bits per heavy atom. The van der Waals surface area contributed by atoms with Crippen molar-refractivity contribution in [2.75, 3.05) is 0 Å². The predicted octanol–water partition coefficient (Wildman–Crippen LogP) is 6.69. The third-order valence-electron chi connectivity index (χ3n) is 5.72. The molecule has 0 aliphatic carbocycles. The van der Waals surface area contributed by atoms with E-state index in [9.17, 15) is 0 Å². The normalized spacial score (nSPS) is 12.6. The third kappa shape index (κ3) is 4.49. The molecule has 32 heavy (non-hydrogen) atoms. The molecule has 1 atom stereocenters. The second-order valence-corrected chi connectivity index (χ2v) is 9.07. The highest BCUT2D eigenvalue weighted by molar-refractivity contribution is 5.61. The van der Waals surface area contributed by atoms with Gasteiger partial charge in [-0.3, -0.25) is 0 Å². The van der Waals surface area contributed by atoms with Crippen molar-refractivity contribution in [1.29, 1.82) is 0 Å². The molecule has 2 aromatic carbocycles. The zero-order chi connectivity index (χ0) is 22.8. The van der Waals surface area contributed by atoms with E-state index in [2.05, 4.69) is 86.1 Å². The number of rotatable bonds is 7. The molecule has 4 aromatic rings. The van der Waals surface area contributed by atoms with Crippen LogP contribution in [0.4, 0.5) is 0 Å². The monoisotopic (exact) mass is 430 g/mol. The number of aryl methyl sites for hydroxylation is 1. The van der Waals surface area contributed by atoms with E-state index in [0.29, 0.717) is 23.5 Å². The van der Waals surface area contributed by atoms with Crippen molar-refractivity contribution in [3.63, 3.8) is 0 Å². The summed E-state index contributed by atoms with van der Waals surface area (Å²) in [5, 5.41) is 8.36. The van der Waals surface area contributed by atoms with Crippen molar-refractivity contribution in [3.05, 3.63) is 70.9 Å². The van der Waals surface area contributed by atoms with Gasteiger partial charge < -0.3 is 9.05 Å². The van der Waals surface area contributed by atoms with Crippen LogP contribution in [0.2, 0.25) is 0 Å². The zero-order valence-electron chi connectivity index (χ0n) is 19.6. The lowest BCUT2D eigenvalue weighted by Crippen LogP contribution is -2.01. The maximum Gasteiger partial charge on any atom is 0.258 e. The second kappa shape index (κ2) is 9.07. The Balaban J connectivity index is 1.60. The van der Waals surface area contributed by atoms with Gasteiger partial charge in [-0.2, -0.15) is 9.97 Å². The topological polar surface area (TPSA) is 77.8 Å². The fourth-order valence-electron chi connectivity index (χ4n) is 3.81. The van der Waals surface area contributed by atoms with Crippen LogP contribution in [-0.2, 0) is 6.42 Å². The average molecular weight is 431 g/mol. The van der Waals surface area contributed by atoms with Gasteiger partial charge in [0, 0.05) is 23.0 Å². The second-order valence-electron chi connectivity index (χ2n) is 9.07. The highest BCUT2D eigenvalue weighted by atomic mass is 16.5. The molecular weight excluding hydrogens is 400 g/mol. The maximum atomic E-state index is 5.61. The minimum Gasteiger partial charge on any atom is -0.339 e. The zero-order valence-corrected chi connectivity index (χ0v) is 19.6. The first-order valence-corrected chi connectivity index (χ1v) is 11.2. The van der Waals surface area contributed by atoms with E-state index in [1.165, 1.54) is 5.56 Å². The van der Waals surface area contributed by atoms with Gasteiger partial charge in [0.2, 0.25) is 11.7 Å². The molecule has 0 aliphatic heterocycles. The van der Waals surface area contributed by atoms with E-state index in [4.69, 9.17) is 9.05 Å². The highest BCUT2D eigenvalue weighted by Crippen LogP contribution is 2.32. The molecule has 0 saturated carbocycles. The van der Waals surface area contributed by atoms with Crippen LogP contribution >= 0.6 is 0 Å². The molecule has 0 aliphatic rings. The number of aromatic nitrogens is 4. The van der Waals surface area contributed by atoms with E-state index in [-0.39, 0.29) is 11.8 Å². The van der Waals surface area contributed by atoms with Crippen molar-refractivity contribution in [2.45, 2.75) is 65.7 Å². The van der Waals surface area contributed by atoms with E-state index in [1.807, 2.05) is 18.2 Å². The van der Waals surface area contributed by atoms with Crippen LogP contribution in [-0.4, -0.2) is 20.3 Å². The van der Waals surface area contributed by atoms with Crippen LogP contribution in [0, 0.1) is 6.92 Å². The molecule has 166 valence electrons. The first-order chi connectivity index (χ1) is 15.3. The van der Waals surface area contributed by atoms with Gasteiger partial charge in [-0.05, 0) is 42.0 Å². The number of hydrogen-bond donors (Lipinski definition) is 0. The molecule has 0 N–H and O–H groups in total. The fourth-order valence-corrected chi connectivity index (χ4v) is 3.81. The first kappa shape index (κ1) is 21.9. The number of benzene rings is 2. The molecule has 6 nitrogen and oxygen atoms in total. The Kier molecular flexibility index (Phi) is 6.21. The lowest BCUT2D eigenvalue weighted by molar-refractivity contribution is 0.359. The SMILES string of the molecule is Cc1ccccc1-c1noc(C(C)Cc2ccc(C(C)C)c(-c3nc(C(C)C)no3)c2)n1. The number of hydrogen-bond acceptors (Lipinski definition) is 6. The van der Waals surface area contributed by atoms with Gasteiger partial charge in [-0.1, -0.05) is 81.3 Å². The minimum atomic E-state index is 0.0759. The summed E-state index contributed by atoms with van der Waals surface area (Å²) in [4.78, 5) is 9.30. The van der Waals surface area contributed by atoms with Crippen LogP contribution in [0.15, 0.2) is 51.5 Å². The molecule has 4 rings (SSSR count). The van der Waals surface area contributed by atoms with Crippen LogP contribution in [0.3, 0.4) is 0 Å². The van der Waals surface area contributed by atoms with Crippen molar-refractivity contribution in [3.8, 4) is 22.8 Å². The first-order valence-electron chi connectivity index (χ1n) is 11.2. The molecule has 0 bridgehead atoms. The summed E-state index contributed by atoms with van der Waals surface area (Å²) in [6, 6.07) is 14.5. The molecule has 0 amide bonds. The van der Waals surface area contributed by atoms with Gasteiger partial charge in [-0.15, -0.1) is 0 Å². The van der Waals surface area contributed by atoms with Gasteiger partial charge in [0.05, 0.1) is 0 Å². The largest absolute Gasteiger partial charge is 0.339 e. The van der Waals surface area contributed by atoms with Crippen molar-refractivity contribution < 1.29 is 9.05 Å². The van der Waals surface area contributed by atoms with Crippen LogP contribution < -0.4 is 0 Å². The summed E-state index contributed by atoms with van der Waals surface area (Å²) in [7, 11) is 0. The third-order valence-corrected chi connectivity index (χ3v) is 5.72. The van der Waals surface area contributed by atoms with Crippen LogP contribution in [0.25, 0.3) is 22.8 Å². The van der Waals surface area contributed by atoms with Crippen molar-refractivity contribution in [2.24, 2.45) is 0 Å². The molecule has 0 saturated heterocycles. The summed E-state index contributed by atoms with van der Waals surface area (Å²) in [5.74, 6) is 3.21. The molecular formula is C26H30N4O2. The molecule has 0 fully saturated rings.